The predicted octanol–water partition coefficient (Wildman–Crippen LogP) is 3.11. The van der Waals surface area contributed by atoms with Gasteiger partial charge in [0.05, 0.1) is 24.9 Å². The fourth-order valence-electron chi connectivity index (χ4n) is 2.12. The molecule has 24 heavy (non-hydrogen) atoms. The van der Waals surface area contributed by atoms with Gasteiger partial charge in [-0.3, -0.25) is 4.79 Å². The van der Waals surface area contributed by atoms with Crippen molar-refractivity contribution in [2.24, 2.45) is 0 Å². The van der Waals surface area contributed by atoms with Crippen LogP contribution in [0, 0.1) is 18.6 Å². The van der Waals surface area contributed by atoms with Gasteiger partial charge in [-0.15, -0.1) is 0 Å². The Bertz CT molecular complexity index is 778. The lowest BCUT2D eigenvalue weighted by Crippen LogP contribution is -2.23. The number of hydrogen-bond donors (Lipinski definition) is 2. The molecule has 0 radical (unpaired) electrons. The van der Waals surface area contributed by atoms with Gasteiger partial charge in [-0.1, -0.05) is 6.07 Å². The summed E-state index contributed by atoms with van der Waals surface area (Å²) in [6.07, 6.45) is 0. The van der Waals surface area contributed by atoms with Crippen LogP contribution in [0.15, 0.2) is 36.4 Å². The number of hydrogen-bond acceptors (Lipinski definition) is 4. The van der Waals surface area contributed by atoms with Crippen LogP contribution in [0.3, 0.4) is 0 Å². The molecule has 0 saturated carbocycles. The van der Waals surface area contributed by atoms with Gasteiger partial charge >= 0.3 is 5.97 Å². The third kappa shape index (κ3) is 4.07. The number of nitrogens with one attached hydrogen (secondary N) is 2. The molecule has 0 atom stereocenters. The largest absolute Gasteiger partial charge is 0.465 e. The van der Waals surface area contributed by atoms with E-state index in [1.165, 1.54) is 7.11 Å². The molecule has 2 N–H and O–H groups in total. The van der Waals surface area contributed by atoms with E-state index in [-0.39, 0.29) is 12.2 Å². The second kappa shape index (κ2) is 7.54. The molecule has 0 aliphatic rings. The Kier molecular flexibility index (Phi) is 5.47. The van der Waals surface area contributed by atoms with Crippen LogP contribution in [0.1, 0.15) is 15.9 Å². The van der Waals surface area contributed by atoms with Crippen molar-refractivity contribution in [3.63, 3.8) is 0 Å². The molecule has 0 fully saturated rings. The first-order valence-corrected chi connectivity index (χ1v) is 7.09. The van der Waals surface area contributed by atoms with E-state index in [9.17, 15) is 18.4 Å². The van der Waals surface area contributed by atoms with E-state index in [1.807, 2.05) is 0 Å². The Hall–Kier alpha value is -2.96. The van der Waals surface area contributed by atoms with Crippen molar-refractivity contribution in [1.82, 2.24) is 0 Å². The maximum atomic E-state index is 13.5. The quantitative estimate of drug-likeness (QED) is 0.825. The van der Waals surface area contributed by atoms with E-state index >= 15 is 0 Å². The highest BCUT2D eigenvalue weighted by atomic mass is 19.1. The van der Waals surface area contributed by atoms with E-state index in [0.717, 1.165) is 18.2 Å². The van der Waals surface area contributed by atoms with Gasteiger partial charge in [-0.05, 0) is 36.8 Å². The first-order chi connectivity index (χ1) is 11.4. The summed E-state index contributed by atoms with van der Waals surface area (Å²) in [5, 5.41) is 5.13. The van der Waals surface area contributed by atoms with Gasteiger partial charge in [0.1, 0.15) is 11.6 Å². The average Bonchev–Trinajstić information content (AvgIpc) is 2.56. The monoisotopic (exact) mass is 334 g/mol. The lowest BCUT2D eigenvalue weighted by atomic mass is 10.1. The normalized spacial score (nSPS) is 10.2. The fraction of sp³-hybridized carbons (Fsp3) is 0.176. The van der Waals surface area contributed by atoms with E-state index in [1.54, 1.807) is 25.1 Å². The van der Waals surface area contributed by atoms with Gasteiger partial charge in [-0.25, -0.2) is 13.6 Å². The van der Waals surface area contributed by atoms with Crippen LogP contribution in [0.4, 0.5) is 20.2 Å². The molecule has 0 spiro atoms. The molecule has 2 rings (SSSR count). The Morgan fingerprint density at radius 3 is 2.58 bits per heavy atom. The number of halogens is 2. The number of esters is 1. The summed E-state index contributed by atoms with van der Waals surface area (Å²) >= 11 is 0. The number of rotatable bonds is 5. The van der Waals surface area contributed by atoms with E-state index in [0.29, 0.717) is 16.8 Å². The Labute approximate surface area is 137 Å². The van der Waals surface area contributed by atoms with Gasteiger partial charge in [0.25, 0.3) is 0 Å². The Morgan fingerprint density at radius 2 is 1.88 bits per heavy atom. The number of benzene rings is 2. The molecule has 2 aromatic carbocycles. The zero-order chi connectivity index (χ0) is 17.7. The lowest BCUT2D eigenvalue weighted by Gasteiger charge is -2.12. The second-order valence-corrected chi connectivity index (χ2v) is 5.00. The number of amides is 1. The smallest absolute Gasteiger partial charge is 0.338 e. The third-order valence-corrected chi connectivity index (χ3v) is 3.38. The Morgan fingerprint density at radius 1 is 1.12 bits per heavy atom. The minimum Gasteiger partial charge on any atom is -0.465 e. The third-order valence-electron chi connectivity index (χ3n) is 3.38. The summed E-state index contributed by atoms with van der Waals surface area (Å²) in [6, 6.07) is 7.74. The molecule has 0 aliphatic carbocycles. The van der Waals surface area contributed by atoms with Crippen LogP contribution >= 0.6 is 0 Å². The highest BCUT2D eigenvalue weighted by Gasteiger charge is 2.13. The Balaban J connectivity index is 2.04. The zero-order valence-corrected chi connectivity index (χ0v) is 13.2. The summed E-state index contributed by atoms with van der Waals surface area (Å²) in [5.41, 5.74) is 1.32. The molecule has 0 aliphatic heterocycles. The van der Waals surface area contributed by atoms with Gasteiger partial charge in [-0.2, -0.15) is 0 Å². The summed E-state index contributed by atoms with van der Waals surface area (Å²) < 4.78 is 31.2. The van der Waals surface area contributed by atoms with E-state index in [4.69, 9.17) is 0 Å². The molecule has 7 heteroatoms. The predicted molar refractivity (Wildman–Crippen MR) is 86.0 cm³/mol. The van der Waals surface area contributed by atoms with Gasteiger partial charge in [0.2, 0.25) is 5.91 Å². The molecule has 1 amide bonds. The molecule has 0 saturated heterocycles. The minimum atomic E-state index is -0.728. The SMILES string of the molecule is COC(=O)c1cccc(NCC(=O)Nc2cc(F)ccc2F)c1C. The van der Waals surface area contributed by atoms with Gasteiger partial charge < -0.3 is 15.4 Å². The molecule has 5 nitrogen and oxygen atoms in total. The van der Waals surface area contributed by atoms with Gasteiger partial charge in [0.15, 0.2) is 0 Å². The first-order valence-electron chi connectivity index (χ1n) is 7.09. The number of carbonyl (C=O) groups is 2. The standard InChI is InChI=1S/C17H16F2N2O3/c1-10-12(17(23)24-2)4-3-5-14(10)20-9-16(22)21-15-8-11(18)6-7-13(15)19/h3-8,20H,9H2,1-2H3,(H,21,22). The molecule has 2 aromatic rings. The summed E-state index contributed by atoms with van der Waals surface area (Å²) in [7, 11) is 1.28. The highest BCUT2D eigenvalue weighted by molar-refractivity contribution is 5.95. The van der Waals surface area contributed by atoms with Crippen molar-refractivity contribution in [2.75, 3.05) is 24.3 Å². The van der Waals surface area contributed by atoms with Crippen LogP contribution in [-0.4, -0.2) is 25.5 Å². The molecule has 0 aromatic heterocycles. The van der Waals surface area contributed by atoms with Crippen molar-refractivity contribution in [1.29, 1.82) is 0 Å². The second-order valence-electron chi connectivity index (χ2n) is 5.00. The first kappa shape index (κ1) is 17.4. The molecular formula is C17H16F2N2O3. The van der Waals surface area contributed by atoms with Crippen molar-refractivity contribution in [3.8, 4) is 0 Å². The van der Waals surface area contributed by atoms with E-state index < -0.39 is 23.5 Å². The molecule has 0 unspecified atom stereocenters. The van der Waals surface area contributed by atoms with Gasteiger partial charge in [0, 0.05) is 11.8 Å². The fourth-order valence-corrected chi connectivity index (χ4v) is 2.12. The lowest BCUT2D eigenvalue weighted by molar-refractivity contribution is -0.114. The number of anilines is 2. The number of carbonyl (C=O) groups excluding carboxylic acids is 2. The summed E-state index contributed by atoms with van der Waals surface area (Å²) in [6.45, 7) is 1.53. The van der Waals surface area contributed by atoms with Crippen molar-refractivity contribution < 1.29 is 23.1 Å². The molecular weight excluding hydrogens is 318 g/mol. The van der Waals surface area contributed by atoms with Crippen molar-refractivity contribution >= 4 is 23.3 Å². The highest BCUT2D eigenvalue weighted by Crippen LogP contribution is 2.20. The molecule has 126 valence electrons. The van der Waals surface area contributed by atoms with Crippen LogP contribution in [-0.2, 0) is 9.53 Å². The maximum absolute atomic E-state index is 13.5. The minimum absolute atomic E-state index is 0.179. The van der Waals surface area contributed by atoms with Crippen LogP contribution in [0.25, 0.3) is 0 Å². The topological polar surface area (TPSA) is 67.4 Å². The summed E-state index contributed by atoms with van der Waals surface area (Å²) in [4.78, 5) is 23.5. The maximum Gasteiger partial charge on any atom is 0.338 e. The molecule has 0 heterocycles. The van der Waals surface area contributed by atoms with Crippen LogP contribution < -0.4 is 10.6 Å². The average molecular weight is 334 g/mol. The van der Waals surface area contributed by atoms with Crippen molar-refractivity contribution in [3.05, 3.63) is 59.2 Å². The van der Waals surface area contributed by atoms with Crippen molar-refractivity contribution in [2.45, 2.75) is 6.92 Å². The number of methoxy groups -OCH3 is 1. The van der Waals surface area contributed by atoms with Crippen LogP contribution in [0.5, 0.6) is 0 Å². The summed E-state index contributed by atoms with van der Waals surface area (Å²) in [5.74, 6) is -2.42. The van der Waals surface area contributed by atoms with Crippen LogP contribution in [0.2, 0.25) is 0 Å². The zero-order valence-electron chi connectivity index (χ0n) is 13.2. The number of ether oxygens (including phenoxy) is 1. The van der Waals surface area contributed by atoms with E-state index in [2.05, 4.69) is 15.4 Å². The molecule has 0 bridgehead atoms.